The van der Waals surface area contributed by atoms with E-state index < -0.39 is 0 Å². The van der Waals surface area contributed by atoms with Crippen molar-refractivity contribution in [3.63, 3.8) is 0 Å². The maximum absolute atomic E-state index is 3.22. The van der Waals surface area contributed by atoms with Crippen LogP contribution in [0, 0.1) is 11.8 Å². The van der Waals surface area contributed by atoms with Crippen LogP contribution >= 0.6 is 0 Å². The van der Waals surface area contributed by atoms with Gasteiger partial charge in [-0.25, -0.2) is 0 Å². The summed E-state index contributed by atoms with van der Waals surface area (Å²) in [5, 5.41) is 3.22. The van der Waals surface area contributed by atoms with E-state index in [4.69, 9.17) is 0 Å². The number of nitrogens with one attached hydrogen (secondary N) is 1. The van der Waals surface area contributed by atoms with Crippen molar-refractivity contribution in [2.45, 2.75) is 40.0 Å². The molecular formula is C10H23N. The molecule has 0 saturated carbocycles. The third-order valence-corrected chi connectivity index (χ3v) is 2.44. The normalized spacial score (nSPS) is 13.9. The van der Waals surface area contributed by atoms with Gasteiger partial charge in [-0.15, -0.1) is 0 Å². The maximum atomic E-state index is 3.22. The Morgan fingerprint density at radius 3 is 2.09 bits per heavy atom. The summed E-state index contributed by atoms with van der Waals surface area (Å²) in [7, 11) is 2.03. The van der Waals surface area contributed by atoms with Gasteiger partial charge in [-0.3, -0.25) is 0 Å². The summed E-state index contributed by atoms with van der Waals surface area (Å²) in [4.78, 5) is 0. The Morgan fingerprint density at radius 1 is 1.18 bits per heavy atom. The molecule has 1 unspecified atom stereocenters. The molecule has 0 spiro atoms. The molecule has 0 saturated heterocycles. The lowest BCUT2D eigenvalue weighted by Gasteiger charge is -2.17. The first kappa shape index (κ1) is 11.0. The third kappa shape index (κ3) is 5.25. The minimum absolute atomic E-state index is 0.838. The fraction of sp³-hybridized carbons (Fsp3) is 1.00. The summed E-state index contributed by atoms with van der Waals surface area (Å²) in [6.45, 7) is 8.08. The predicted octanol–water partition coefficient (Wildman–Crippen LogP) is 2.67. The van der Waals surface area contributed by atoms with Crippen molar-refractivity contribution in [2.24, 2.45) is 11.8 Å². The van der Waals surface area contributed by atoms with Crippen LogP contribution in [-0.2, 0) is 0 Å². The summed E-state index contributed by atoms with van der Waals surface area (Å²) in [5.74, 6) is 1.78. The second-order valence-corrected chi connectivity index (χ2v) is 3.58. The Morgan fingerprint density at radius 2 is 1.73 bits per heavy atom. The van der Waals surface area contributed by atoms with E-state index in [1.165, 1.54) is 19.3 Å². The van der Waals surface area contributed by atoms with Gasteiger partial charge < -0.3 is 5.32 Å². The Bertz CT molecular complexity index is 76.9. The van der Waals surface area contributed by atoms with E-state index in [0.717, 1.165) is 18.4 Å². The highest BCUT2D eigenvalue weighted by atomic mass is 14.8. The molecule has 68 valence electrons. The van der Waals surface area contributed by atoms with E-state index in [9.17, 15) is 0 Å². The Kier molecular flexibility index (Phi) is 6.63. The summed E-state index contributed by atoms with van der Waals surface area (Å²) >= 11 is 0. The van der Waals surface area contributed by atoms with Gasteiger partial charge in [0.05, 0.1) is 0 Å². The lowest BCUT2D eigenvalue weighted by Crippen LogP contribution is -2.18. The molecule has 0 radical (unpaired) electrons. The van der Waals surface area contributed by atoms with Crippen LogP contribution in [0.2, 0.25) is 0 Å². The topological polar surface area (TPSA) is 12.0 Å². The number of rotatable bonds is 6. The van der Waals surface area contributed by atoms with Crippen molar-refractivity contribution in [2.75, 3.05) is 13.6 Å². The molecular weight excluding hydrogens is 134 g/mol. The predicted molar refractivity (Wildman–Crippen MR) is 51.8 cm³/mol. The SMILES string of the molecule is CCC(CC)CC(C)CNC. The molecule has 0 aromatic carbocycles. The highest BCUT2D eigenvalue weighted by molar-refractivity contribution is 4.62. The van der Waals surface area contributed by atoms with E-state index in [1.54, 1.807) is 0 Å². The number of hydrogen-bond donors (Lipinski definition) is 1. The van der Waals surface area contributed by atoms with Gasteiger partial charge in [-0.1, -0.05) is 33.6 Å². The zero-order chi connectivity index (χ0) is 8.69. The van der Waals surface area contributed by atoms with Gasteiger partial charge in [0, 0.05) is 0 Å². The van der Waals surface area contributed by atoms with Crippen molar-refractivity contribution < 1.29 is 0 Å². The van der Waals surface area contributed by atoms with Crippen LogP contribution in [0.3, 0.4) is 0 Å². The molecule has 0 bridgehead atoms. The van der Waals surface area contributed by atoms with Gasteiger partial charge in [0.15, 0.2) is 0 Å². The van der Waals surface area contributed by atoms with Gasteiger partial charge in [-0.05, 0) is 31.8 Å². The van der Waals surface area contributed by atoms with E-state index in [0.29, 0.717) is 0 Å². The second kappa shape index (κ2) is 6.66. The molecule has 0 aliphatic heterocycles. The minimum atomic E-state index is 0.838. The molecule has 1 N–H and O–H groups in total. The molecule has 0 aliphatic rings. The van der Waals surface area contributed by atoms with Gasteiger partial charge >= 0.3 is 0 Å². The van der Waals surface area contributed by atoms with E-state index in [-0.39, 0.29) is 0 Å². The second-order valence-electron chi connectivity index (χ2n) is 3.58. The molecule has 0 amide bonds. The summed E-state index contributed by atoms with van der Waals surface area (Å²) in [5.41, 5.74) is 0. The standard InChI is InChI=1S/C10H23N/c1-5-10(6-2)7-9(3)8-11-4/h9-11H,5-8H2,1-4H3. The van der Waals surface area contributed by atoms with Gasteiger partial charge in [-0.2, -0.15) is 0 Å². The van der Waals surface area contributed by atoms with Crippen molar-refractivity contribution in [3.05, 3.63) is 0 Å². The third-order valence-electron chi connectivity index (χ3n) is 2.44. The van der Waals surface area contributed by atoms with Gasteiger partial charge in [0.1, 0.15) is 0 Å². The minimum Gasteiger partial charge on any atom is -0.319 e. The summed E-state index contributed by atoms with van der Waals surface area (Å²) in [6.07, 6.45) is 4.06. The smallest absolute Gasteiger partial charge is 0.00261 e. The summed E-state index contributed by atoms with van der Waals surface area (Å²) in [6, 6.07) is 0. The van der Waals surface area contributed by atoms with Gasteiger partial charge in [0.2, 0.25) is 0 Å². The molecule has 0 rings (SSSR count). The van der Waals surface area contributed by atoms with Crippen molar-refractivity contribution >= 4 is 0 Å². The van der Waals surface area contributed by atoms with Crippen LogP contribution in [0.4, 0.5) is 0 Å². The van der Waals surface area contributed by atoms with Crippen LogP contribution in [0.15, 0.2) is 0 Å². The average Bonchev–Trinajstić information content (AvgIpc) is 2.01. The molecule has 1 nitrogen and oxygen atoms in total. The zero-order valence-electron chi connectivity index (χ0n) is 8.48. The first-order valence-corrected chi connectivity index (χ1v) is 4.89. The molecule has 11 heavy (non-hydrogen) atoms. The molecule has 0 fully saturated rings. The van der Waals surface area contributed by atoms with Crippen molar-refractivity contribution in [1.82, 2.24) is 5.32 Å². The fourth-order valence-electron chi connectivity index (χ4n) is 1.62. The average molecular weight is 157 g/mol. The first-order chi connectivity index (χ1) is 5.24. The van der Waals surface area contributed by atoms with Crippen LogP contribution in [-0.4, -0.2) is 13.6 Å². The van der Waals surface area contributed by atoms with E-state index >= 15 is 0 Å². The first-order valence-electron chi connectivity index (χ1n) is 4.89. The summed E-state index contributed by atoms with van der Waals surface area (Å²) < 4.78 is 0. The van der Waals surface area contributed by atoms with Gasteiger partial charge in [0.25, 0.3) is 0 Å². The van der Waals surface area contributed by atoms with E-state index in [1.807, 2.05) is 7.05 Å². The monoisotopic (exact) mass is 157 g/mol. The maximum Gasteiger partial charge on any atom is -0.00261 e. The van der Waals surface area contributed by atoms with Crippen LogP contribution < -0.4 is 5.32 Å². The Labute approximate surface area is 71.6 Å². The van der Waals surface area contributed by atoms with E-state index in [2.05, 4.69) is 26.1 Å². The molecule has 0 aromatic heterocycles. The molecule has 1 heteroatoms. The highest BCUT2D eigenvalue weighted by Gasteiger charge is 2.08. The van der Waals surface area contributed by atoms with Crippen LogP contribution in [0.1, 0.15) is 40.0 Å². The van der Waals surface area contributed by atoms with Crippen LogP contribution in [0.25, 0.3) is 0 Å². The molecule has 0 aromatic rings. The van der Waals surface area contributed by atoms with Crippen LogP contribution in [0.5, 0.6) is 0 Å². The largest absolute Gasteiger partial charge is 0.319 e. The molecule has 1 atom stereocenters. The Balaban J connectivity index is 3.44. The fourth-order valence-corrected chi connectivity index (χ4v) is 1.62. The quantitative estimate of drug-likeness (QED) is 0.625. The van der Waals surface area contributed by atoms with Crippen molar-refractivity contribution in [1.29, 1.82) is 0 Å². The lowest BCUT2D eigenvalue weighted by atomic mass is 9.92. The number of hydrogen-bond acceptors (Lipinski definition) is 1. The highest BCUT2D eigenvalue weighted by Crippen LogP contribution is 2.17. The van der Waals surface area contributed by atoms with Crippen molar-refractivity contribution in [3.8, 4) is 0 Å². The zero-order valence-corrected chi connectivity index (χ0v) is 8.48. The Hall–Kier alpha value is -0.0400. The molecule has 0 aliphatic carbocycles. The lowest BCUT2D eigenvalue weighted by molar-refractivity contribution is 0.364. The molecule has 0 heterocycles.